The van der Waals surface area contributed by atoms with Gasteiger partial charge in [0.25, 0.3) is 0 Å². The minimum absolute atomic E-state index is 0.188. The number of nitrogens with zero attached hydrogens (tertiary/aromatic N) is 4. The molecular formula is C11H20N4O. The van der Waals surface area contributed by atoms with Crippen LogP contribution in [0, 0.1) is 0 Å². The second-order valence-electron chi connectivity index (χ2n) is 4.69. The standard InChI is InChI=1S/C11H20N4O/c1-14(7-11-13-12-8-15(11)2)9-5-3-4-6-10(9)16/h8-10,16H,3-7H2,1-2H3. The summed E-state index contributed by atoms with van der Waals surface area (Å²) in [7, 11) is 3.99. The Morgan fingerprint density at radius 1 is 1.50 bits per heavy atom. The fourth-order valence-electron chi connectivity index (χ4n) is 2.40. The zero-order chi connectivity index (χ0) is 11.5. The molecule has 5 nitrogen and oxygen atoms in total. The van der Waals surface area contributed by atoms with Crippen molar-refractivity contribution < 1.29 is 5.11 Å². The minimum atomic E-state index is -0.188. The van der Waals surface area contributed by atoms with Gasteiger partial charge in [0, 0.05) is 13.1 Å². The number of aliphatic hydroxyl groups excluding tert-OH is 1. The molecule has 1 aliphatic carbocycles. The van der Waals surface area contributed by atoms with Gasteiger partial charge in [0.15, 0.2) is 0 Å². The van der Waals surface area contributed by atoms with Crippen molar-refractivity contribution in [1.29, 1.82) is 0 Å². The first-order chi connectivity index (χ1) is 7.68. The van der Waals surface area contributed by atoms with E-state index in [9.17, 15) is 5.11 Å². The predicted molar refractivity (Wildman–Crippen MR) is 60.7 cm³/mol. The van der Waals surface area contributed by atoms with Crippen LogP contribution in [-0.4, -0.2) is 44.0 Å². The van der Waals surface area contributed by atoms with E-state index < -0.39 is 0 Å². The summed E-state index contributed by atoms with van der Waals surface area (Å²) in [5.41, 5.74) is 0. The van der Waals surface area contributed by atoms with Crippen LogP contribution >= 0.6 is 0 Å². The Bertz CT molecular complexity index is 338. The van der Waals surface area contributed by atoms with Crippen LogP contribution in [0.5, 0.6) is 0 Å². The third-order valence-electron chi connectivity index (χ3n) is 3.46. The van der Waals surface area contributed by atoms with E-state index in [0.717, 1.165) is 31.6 Å². The van der Waals surface area contributed by atoms with E-state index in [-0.39, 0.29) is 12.1 Å². The first-order valence-corrected chi connectivity index (χ1v) is 5.89. The van der Waals surface area contributed by atoms with Crippen LogP contribution in [0.1, 0.15) is 31.5 Å². The van der Waals surface area contributed by atoms with Gasteiger partial charge in [-0.1, -0.05) is 12.8 Å². The van der Waals surface area contributed by atoms with E-state index >= 15 is 0 Å². The summed E-state index contributed by atoms with van der Waals surface area (Å²) in [6.07, 6.45) is 5.89. The van der Waals surface area contributed by atoms with E-state index in [4.69, 9.17) is 0 Å². The van der Waals surface area contributed by atoms with Gasteiger partial charge in [0.1, 0.15) is 12.2 Å². The number of rotatable bonds is 3. The zero-order valence-corrected chi connectivity index (χ0v) is 10.0. The van der Waals surface area contributed by atoms with Crippen molar-refractivity contribution in [3.8, 4) is 0 Å². The van der Waals surface area contributed by atoms with Crippen LogP contribution in [0.4, 0.5) is 0 Å². The molecule has 1 saturated carbocycles. The summed E-state index contributed by atoms with van der Waals surface area (Å²) in [5, 5.41) is 17.9. The molecule has 0 amide bonds. The molecule has 2 rings (SSSR count). The molecule has 1 heterocycles. The summed E-state index contributed by atoms with van der Waals surface area (Å²) in [4.78, 5) is 2.19. The summed E-state index contributed by atoms with van der Waals surface area (Å²) in [5.74, 6) is 0.945. The topological polar surface area (TPSA) is 54.2 Å². The van der Waals surface area contributed by atoms with Crippen LogP contribution < -0.4 is 0 Å². The molecule has 1 N–H and O–H groups in total. The number of hydrogen-bond donors (Lipinski definition) is 1. The number of hydrogen-bond acceptors (Lipinski definition) is 4. The lowest BCUT2D eigenvalue weighted by Crippen LogP contribution is -2.43. The van der Waals surface area contributed by atoms with Crippen molar-refractivity contribution in [3.05, 3.63) is 12.2 Å². The highest BCUT2D eigenvalue weighted by atomic mass is 16.3. The molecule has 0 aromatic carbocycles. The van der Waals surface area contributed by atoms with E-state index in [1.54, 1.807) is 6.33 Å². The van der Waals surface area contributed by atoms with Crippen LogP contribution in [0.15, 0.2) is 6.33 Å². The second kappa shape index (κ2) is 4.93. The molecular weight excluding hydrogens is 204 g/mol. The largest absolute Gasteiger partial charge is 0.391 e. The Hall–Kier alpha value is -0.940. The molecule has 0 saturated heterocycles. The maximum Gasteiger partial charge on any atom is 0.146 e. The molecule has 1 aromatic rings. The fourth-order valence-corrected chi connectivity index (χ4v) is 2.40. The number of aromatic nitrogens is 3. The van der Waals surface area contributed by atoms with E-state index in [0.29, 0.717) is 0 Å². The smallest absolute Gasteiger partial charge is 0.146 e. The molecule has 0 spiro atoms. The van der Waals surface area contributed by atoms with Gasteiger partial charge in [-0.2, -0.15) is 0 Å². The Labute approximate surface area is 96.1 Å². The van der Waals surface area contributed by atoms with Crippen molar-refractivity contribution in [2.75, 3.05) is 7.05 Å². The molecule has 0 bridgehead atoms. The highest BCUT2D eigenvalue weighted by Gasteiger charge is 2.27. The lowest BCUT2D eigenvalue weighted by atomic mass is 9.91. The number of aliphatic hydroxyl groups is 1. The average Bonchev–Trinajstić information content (AvgIpc) is 2.65. The molecule has 5 heteroatoms. The molecule has 1 aromatic heterocycles. The molecule has 0 aliphatic heterocycles. The van der Waals surface area contributed by atoms with Crippen LogP contribution in [-0.2, 0) is 13.6 Å². The maximum atomic E-state index is 9.95. The van der Waals surface area contributed by atoms with Gasteiger partial charge in [0.05, 0.1) is 12.6 Å². The van der Waals surface area contributed by atoms with Crippen LogP contribution in [0.25, 0.3) is 0 Å². The van der Waals surface area contributed by atoms with Gasteiger partial charge < -0.3 is 9.67 Å². The number of likely N-dealkylation sites (N-methyl/N-ethyl adjacent to an activating group) is 1. The van der Waals surface area contributed by atoms with Gasteiger partial charge in [0.2, 0.25) is 0 Å². The van der Waals surface area contributed by atoms with Crippen molar-refractivity contribution in [3.63, 3.8) is 0 Å². The lowest BCUT2D eigenvalue weighted by Gasteiger charge is -2.34. The van der Waals surface area contributed by atoms with Gasteiger partial charge in [-0.05, 0) is 19.9 Å². The number of aryl methyl sites for hydroxylation is 1. The van der Waals surface area contributed by atoms with Gasteiger partial charge in [-0.15, -0.1) is 10.2 Å². The van der Waals surface area contributed by atoms with Gasteiger partial charge in [-0.25, -0.2) is 0 Å². The Morgan fingerprint density at radius 2 is 2.25 bits per heavy atom. The first-order valence-electron chi connectivity index (χ1n) is 5.89. The molecule has 2 unspecified atom stereocenters. The molecule has 0 radical (unpaired) electrons. The average molecular weight is 224 g/mol. The molecule has 2 atom stereocenters. The Morgan fingerprint density at radius 3 is 2.88 bits per heavy atom. The molecule has 1 fully saturated rings. The maximum absolute atomic E-state index is 9.95. The fraction of sp³-hybridized carbons (Fsp3) is 0.818. The quantitative estimate of drug-likeness (QED) is 0.814. The van der Waals surface area contributed by atoms with Crippen molar-refractivity contribution in [1.82, 2.24) is 19.7 Å². The SMILES string of the molecule is CN(Cc1nncn1C)C1CCCCC1O. The highest BCUT2D eigenvalue weighted by molar-refractivity contribution is 4.88. The summed E-state index contributed by atoms with van der Waals surface area (Å²) < 4.78 is 1.92. The summed E-state index contributed by atoms with van der Waals surface area (Å²) in [6.45, 7) is 0.748. The third kappa shape index (κ3) is 2.41. The van der Waals surface area contributed by atoms with Crippen molar-refractivity contribution in [2.45, 2.75) is 44.4 Å². The Balaban J connectivity index is 1.96. The first kappa shape index (κ1) is 11.5. The summed E-state index contributed by atoms with van der Waals surface area (Å²) in [6, 6.07) is 0.269. The minimum Gasteiger partial charge on any atom is -0.391 e. The van der Waals surface area contributed by atoms with E-state index in [2.05, 4.69) is 15.1 Å². The van der Waals surface area contributed by atoms with Crippen molar-refractivity contribution in [2.24, 2.45) is 7.05 Å². The normalized spacial score (nSPS) is 26.2. The van der Waals surface area contributed by atoms with Crippen molar-refractivity contribution >= 4 is 0 Å². The van der Waals surface area contributed by atoms with E-state index in [1.807, 2.05) is 18.7 Å². The monoisotopic (exact) mass is 224 g/mol. The molecule has 90 valence electrons. The third-order valence-corrected chi connectivity index (χ3v) is 3.46. The predicted octanol–water partition coefficient (Wildman–Crippen LogP) is 0.550. The zero-order valence-electron chi connectivity index (χ0n) is 10.0. The lowest BCUT2D eigenvalue weighted by molar-refractivity contribution is 0.0274. The second-order valence-corrected chi connectivity index (χ2v) is 4.69. The van der Waals surface area contributed by atoms with Crippen LogP contribution in [0.3, 0.4) is 0 Å². The molecule has 16 heavy (non-hydrogen) atoms. The summed E-state index contributed by atoms with van der Waals surface area (Å²) >= 11 is 0. The van der Waals surface area contributed by atoms with Gasteiger partial charge in [-0.3, -0.25) is 4.90 Å². The highest BCUT2D eigenvalue weighted by Crippen LogP contribution is 2.23. The van der Waals surface area contributed by atoms with Crippen LogP contribution in [0.2, 0.25) is 0 Å². The Kier molecular flexibility index (Phi) is 3.56. The molecule has 1 aliphatic rings. The van der Waals surface area contributed by atoms with Gasteiger partial charge >= 0.3 is 0 Å². The van der Waals surface area contributed by atoms with E-state index in [1.165, 1.54) is 6.42 Å².